The average molecular weight is 365 g/mol. The zero-order valence-electron chi connectivity index (χ0n) is 14.1. The Labute approximate surface area is 146 Å². The maximum Gasteiger partial charge on any atom is 0.244 e. The fraction of sp³-hybridized carbons (Fsp3) is 0.294. The molecule has 0 aliphatic carbocycles. The summed E-state index contributed by atoms with van der Waals surface area (Å²) >= 11 is 0. The Morgan fingerprint density at radius 1 is 1.04 bits per heavy atom. The number of ether oxygens (including phenoxy) is 4. The Morgan fingerprint density at radius 2 is 1.80 bits per heavy atom. The second-order valence-corrected chi connectivity index (χ2v) is 7.15. The molecule has 2 aromatic carbocycles. The molecule has 0 saturated heterocycles. The van der Waals surface area contributed by atoms with E-state index in [4.69, 9.17) is 18.9 Å². The van der Waals surface area contributed by atoms with Gasteiger partial charge in [0.25, 0.3) is 0 Å². The average Bonchev–Trinajstić information content (AvgIpc) is 3.08. The van der Waals surface area contributed by atoms with Crippen molar-refractivity contribution in [3.63, 3.8) is 0 Å². The number of rotatable bonds is 6. The van der Waals surface area contributed by atoms with Crippen LogP contribution in [0.1, 0.15) is 18.5 Å². The van der Waals surface area contributed by atoms with E-state index >= 15 is 0 Å². The SMILES string of the molecule is COc1ccc(S(=O)(=O)NC(C)c2ccc3c(c2)OCO3)c(OC)c1. The molecule has 0 bridgehead atoms. The molecule has 1 heterocycles. The monoisotopic (exact) mass is 365 g/mol. The van der Waals surface area contributed by atoms with Crippen LogP contribution in [0, 0.1) is 0 Å². The highest BCUT2D eigenvalue weighted by Gasteiger charge is 2.24. The Kier molecular flexibility index (Phi) is 4.73. The summed E-state index contributed by atoms with van der Waals surface area (Å²) in [5.74, 6) is 1.98. The lowest BCUT2D eigenvalue weighted by Gasteiger charge is -2.17. The third-order valence-corrected chi connectivity index (χ3v) is 5.47. The molecule has 25 heavy (non-hydrogen) atoms. The predicted molar refractivity (Wildman–Crippen MR) is 90.8 cm³/mol. The van der Waals surface area contributed by atoms with Crippen molar-refractivity contribution in [2.24, 2.45) is 0 Å². The molecule has 0 amide bonds. The van der Waals surface area contributed by atoms with Gasteiger partial charge in [-0.25, -0.2) is 13.1 Å². The molecule has 0 spiro atoms. The first kappa shape index (κ1) is 17.4. The number of fused-ring (bicyclic) bond motifs is 1. The summed E-state index contributed by atoms with van der Waals surface area (Å²) in [5.41, 5.74) is 0.764. The predicted octanol–water partition coefficient (Wildman–Crippen LogP) is 2.47. The Bertz CT molecular complexity index is 881. The fourth-order valence-electron chi connectivity index (χ4n) is 2.54. The van der Waals surface area contributed by atoms with Crippen molar-refractivity contribution in [2.75, 3.05) is 21.0 Å². The van der Waals surface area contributed by atoms with Crippen LogP contribution in [0.25, 0.3) is 0 Å². The summed E-state index contributed by atoms with van der Waals surface area (Å²) in [6.07, 6.45) is 0. The van der Waals surface area contributed by atoms with Gasteiger partial charge in [0.1, 0.15) is 16.4 Å². The zero-order chi connectivity index (χ0) is 18.0. The topological polar surface area (TPSA) is 83.1 Å². The van der Waals surface area contributed by atoms with Crippen LogP contribution in [0.15, 0.2) is 41.3 Å². The number of hydrogen-bond acceptors (Lipinski definition) is 6. The number of sulfonamides is 1. The van der Waals surface area contributed by atoms with Gasteiger partial charge in [-0.15, -0.1) is 0 Å². The van der Waals surface area contributed by atoms with Gasteiger partial charge in [0.15, 0.2) is 11.5 Å². The largest absolute Gasteiger partial charge is 0.497 e. The Hall–Kier alpha value is -2.45. The quantitative estimate of drug-likeness (QED) is 0.847. The van der Waals surface area contributed by atoms with Crippen molar-refractivity contribution >= 4 is 10.0 Å². The van der Waals surface area contributed by atoms with Gasteiger partial charge in [0, 0.05) is 12.1 Å². The molecule has 0 fully saturated rings. The van der Waals surface area contributed by atoms with Crippen LogP contribution < -0.4 is 23.7 Å². The molecule has 1 atom stereocenters. The minimum absolute atomic E-state index is 0.0448. The second-order valence-electron chi connectivity index (χ2n) is 5.47. The van der Waals surface area contributed by atoms with E-state index in [-0.39, 0.29) is 17.4 Å². The first-order valence-electron chi connectivity index (χ1n) is 7.58. The highest BCUT2D eigenvalue weighted by Crippen LogP contribution is 2.35. The van der Waals surface area contributed by atoms with Gasteiger partial charge in [-0.3, -0.25) is 0 Å². The summed E-state index contributed by atoms with van der Waals surface area (Å²) in [6, 6.07) is 9.41. The first-order valence-corrected chi connectivity index (χ1v) is 9.07. The molecule has 0 aromatic heterocycles. The number of methoxy groups -OCH3 is 2. The molecular weight excluding hydrogens is 346 g/mol. The smallest absolute Gasteiger partial charge is 0.244 e. The number of hydrogen-bond donors (Lipinski definition) is 1. The van der Waals surface area contributed by atoms with E-state index in [2.05, 4.69) is 4.72 Å². The molecule has 2 aromatic rings. The summed E-state index contributed by atoms with van der Waals surface area (Å²) in [5, 5.41) is 0. The van der Waals surface area contributed by atoms with Crippen molar-refractivity contribution in [3.8, 4) is 23.0 Å². The molecule has 1 unspecified atom stereocenters. The molecular formula is C17H19NO6S. The van der Waals surface area contributed by atoms with Crippen molar-refractivity contribution in [1.82, 2.24) is 4.72 Å². The molecule has 134 valence electrons. The van der Waals surface area contributed by atoms with Crippen molar-refractivity contribution in [3.05, 3.63) is 42.0 Å². The van der Waals surface area contributed by atoms with E-state index in [1.807, 2.05) is 0 Å². The van der Waals surface area contributed by atoms with Gasteiger partial charge >= 0.3 is 0 Å². The minimum atomic E-state index is -3.79. The van der Waals surface area contributed by atoms with Crippen LogP contribution in [0.4, 0.5) is 0 Å². The molecule has 0 radical (unpaired) electrons. The van der Waals surface area contributed by atoms with Crippen LogP contribution in [0.5, 0.6) is 23.0 Å². The molecule has 1 aliphatic rings. The van der Waals surface area contributed by atoms with Crippen LogP contribution in [-0.2, 0) is 10.0 Å². The summed E-state index contributed by atoms with van der Waals surface area (Å²) in [4.78, 5) is 0.0448. The van der Waals surface area contributed by atoms with Gasteiger partial charge in [0.05, 0.1) is 14.2 Å². The van der Waals surface area contributed by atoms with E-state index in [1.165, 1.54) is 26.4 Å². The Morgan fingerprint density at radius 3 is 2.52 bits per heavy atom. The van der Waals surface area contributed by atoms with E-state index in [9.17, 15) is 8.42 Å². The van der Waals surface area contributed by atoms with Gasteiger partial charge in [-0.05, 0) is 36.8 Å². The molecule has 1 N–H and O–H groups in total. The van der Waals surface area contributed by atoms with Crippen molar-refractivity contribution in [2.45, 2.75) is 17.9 Å². The van der Waals surface area contributed by atoms with E-state index in [1.54, 1.807) is 31.2 Å². The molecule has 1 aliphatic heterocycles. The molecule has 0 saturated carbocycles. The maximum absolute atomic E-state index is 12.7. The zero-order valence-corrected chi connectivity index (χ0v) is 14.9. The van der Waals surface area contributed by atoms with E-state index < -0.39 is 16.1 Å². The van der Waals surface area contributed by atoms with Crippen LogP contribution in [-0.4, -0.2) is 29.4 Å². The van der Waals surface area contributed by atoms with Crippen molar-refractivity contribution < 1.29 is 27.4 Å². The van der Waals surface area contributed by atoms with Gasteiger partial charge in [-0.2, -0.15) is 0 Å². The van der Waals surface area contributed by atoms with Crippen molar-refractivity contribution in [1.29, 1.82) is 0 Å². The highest BCUT2D eigenvalue weighted by atomic mass is 32.2. The normalized spacial score (nSPS) is 14.2. The standard InChI is InChI=1S/C17H19NO6S/c1-11(12-4-6-14-15(8-12)24-10-23-14)18-25(19,20)17-7-5-13(21-2)9-16(17)22-3/h4-9,11,18H,10H2,1-3H3. The summed E-state index contributed by atoms with van der Waals surface area (Å²) < 4.78 is 49.0. The van der Waals surface area contributed by atoms with Gasteiger partial charge in [0.2, 0.25) is 16.8 Å². The number of nitrogens with one attached hydrogen (secondary N) is 1. The molecule has 8 heteroatoms. The van der Waals surface area contributed by atoms with E-state index in [0.29, 0.717) is 17.2 Å². The van der Waals surface area contributed by atoms with Gasteiger partial charge < -0.3 is 18.9 Å². The minimum Gasteiger partial charge on any atom is -0.497 e. The lowest BCUT2D eigenvalue weighted by Crippen LogP contribution is -2.27. The molecule has 7 nitrogen and oxygen atoms in total. The van der Waals surface area contributed by atoms with Gasteiger partial charge in [-0.1, -0.05) is 6.07 Å². The maximum atomic E-state index is 12.7. The summed E-state index contributed by atoms with van der Waals surface area (Å²) in [6.45, 7) is 1.92. The Balaban J connectivity index is 1.86. The molecule has 3 rings (SSSR count). The van der Waals surface area contributed by atoms with Crippen LogP contribution in [0.3, 0.4) is 0 Å². The second kappa shape index (κ2) is 6.81. The van der Waals surface area contributed by atoms with Crippen LogP contribution >= 0.6 is 0 Å². The van der Waals surface area contributed by atoms with E-state index in [0.717, 1.165) is 5.56 Å². The van der Waals surface area contributed by atoms with Crippen LogP contribution in [0.2, 0.25) is 0 Å². The highest BCUT2D eigenvalue weighted by molar-refractivity contribution is 7.89. The summed E-state index contributed by atoms with van der Waals surface area (Å²) in [7, 11) is -0.877. The first-order chi connectivity index (χ1) is 11.9. The third-order valence-electron chi connectivity index (χ3n) is 3.89. The number of benzene rings is 2. The lowest BCUT2D eigenvalue weighted by atomic mass is 10.1. The fourth-order valence-corrected chi connectivity index (χ4v) is 3.93. The third kappa shape index (κ3) is 3.49. The lowest BCUT2D eigenvalue weighted by molar-refractivity contribution is 0.174.